The molecule has 1 aromatic heterocycles. The van der Waals surface area contributed by atoms with Gasteiger partial charge in [0.15, 0.2) is 0 Å². The molecule has 7 heteroatoms. The van der Waals surface area contributed by atoms with E-state index in [9.17, 15) is 8.42 Å². The molecule has 0 bridgehead atoms. The molecule has 0 spiro atoms. The van der Waals surface area contributed by atoms with Crippen molar-refractivity contribution in [2.45, 2.75) is 49.9 Å². The van der Waals surface area contributed by atoms with E-state index in [1.807, 2.05) is 31.7 Å². The number of aryl methyl sites for hydroxylation is 1. The maximum Gasteiger partial charge on any atom is 0.242 e. The van der Waals surface area contributed by atoms with Crippen LogP contribution in [-0.4, -0.2) is 36.6 Å². The van der Waals surface area contributed by atoms with Gasteiger partial charge in [-0.05, 0) is 26.2 Å². The van der Waals surface area contributed by atoms with Gasteiger partial charge in [-0.1, -0.05) is 13.8 Å². The van der Waals surface area contributed by atoms with Gasteiger partial charge in [0.25, 0.3) is 0 Å². The van der Waals surface area contributed by atoms with E-state index in [1.165, 1.54) is 0 Å². The van der Waals surface area contributed by atoms with Crippen LogP contribution in [0.4, 0.5) is 0 Å². The highest BCUT2D eigenvalue weighted by Crippen LogP contribution is 2.21. The normalized spacial score (nSPS) is 13.1. The van der Waals surface area contributed by atoms with Crippen molar-refractivity contribution in [3.8, 4) is 0 Å². The van der Waals surface area contributed by atoms with E-state index < -0.39 is 10.0 Å². The van der Waals surface area contributed by atoms with E-state index in [0.29, 0.717) is 24.0 Å². The summed E-state index contributed by atoms with van der Waals surface area (Å²) in [5.74, 6) is 0. The average molecular weight is 334 g/mol. The van der Waals surface area contributed by atoms with Crippen LogP contribution in [-0.2, 0) is 23.6 Å². The Balaban J connectivity index is 2.82. The Morgan fingerprint density at radius 2 is 2.00 bits per heavy atom. The van der Waals surface area contributed by atoms with Crippen LogP contribution in [0.3, 0.4) is 0 Å². The molecule has 0 amide bonds. The molecular weight excluding hydrogens is 306 g/mol. The second-order valence-corrected chi connectivity index (χ2v) is 9.38. The Hall–Kier alpha value is -0.500. The number of hydrogen-bond acceptors (Lipinski definition) is 4. The molecule has 0 saturated carbocycles. The van der Waals surface area contributed by atoms with Crippen LogP contribution in [0.15, 0.2) is 17.2 Å². The summed E-state index contributed by atoms with van der Waals surface area (Å²) in [5, 5.41) is 3.29. The van der Waals surface area contributed by atoms with E-state index in [0.717, 1.165) is 5.69 Å². The van der Waals surface area contributed by atoms with Crippen LogP contribution in [0, 0.1) is 0 Å². The molecular formula is C14H27N3O2S2. The first kappa shape index (κ1) is 18.5. The van der Waals surface area contributed by atoms with E-state index in [1.54, 1.807) is 24.0 Å². The molecule has 0 unspecified atom stereocenters. The standard InChI is InChI=1S/C14H27N3O2S2/c1-11(2)15-8-12-7-13(9-17(12)5)21(18,19)16-10-14(3,4)20-6/h7,9,11,15-16H,8,10H2,1-6H3. The van der Waals surface area contributed by atoms with Crippen LogP contribution < -0.4 is 10.0 Å². The topological polar surface area (TPSA) is 63.1 Å². The van der Waals surface area contributed by atoms with Gasteiger partial charge in [-0.25, -0.2) is 13.1 Å². The fourth-order valence-electron chi connectivity index (χ4n) is 1.63. The van der Waals surface area contributed by atoms with Crippen LogP contribution in [0.25, 0.3) is 0 Å². The predicted octanol–water partition coefficient (Wildman–Crippen LogP) is 1.94. The molecule has 0 radical (unpaired) electrons. The van der Waals surface area contributed by atoms with E-state index >= 15 is 0 Å². The summed E-state index contributed by atoms with van der Waals surface area (Å²) in [4.78, 5) is 0.322. The van der Waals surface area contributed by atoms with Gasteiger partial charge in [-0.2, -0.15) is 11.8 Å². The second-order valence-electron chi connectivity index (χ2n) is 6.10. The molecule has 0 aromatic carbocycles. The lowest BCUT2D eigenvalue weighted by atomic mass is 10.2. The van der Waals surface area contributed by atoms with Crippen LogP contribution in [0.5, 0.6) is 0 Å². The zero-order valence-corrected chi connectivity index (χ0v) is 15.4. The van der Waals surface area contributed by atoms with Crippen molar-refractivity contribution >= 4 is 21.8 Å². The fourth-order valence-corrected chi connectivity index (χ4v) is 3.25. The van der Waals surface area contributed by atoms with Crippen molar-refractivity contribution in [2.75, 3.05) is 12.8 Å². The van der Waals surface area contributed by atoms with Crippen molar-refractivity contribution in [1.29, 1.82) is 0 Å². The third kappa shape index (κ3) is 5.65. The summed E-state index contributed by atoms with van der Waals surface area (Å²) in [6, 6.07) is 2.09. The molecule has 1 heterocycles. The molecule has 0 aliphatic carbocycles. The van der Waals surface area contributed by atoms with Gasteiger partial charge < -0.3 is 9.88 Å². The Labute approximate surface area is 132 Å². The Morgan fingerprint density at radius 3 is 2.52 bits per heavy atom. The summed E-state index contributed by atoms with van der Waals surface area (Å²) in [5.41, 5.74) is 0.952. The predicted molar refractivity (Wildman–Crippen MR) is 90.2 cm³/mol. The monoisotopic (exact) mass is 333 g/mol. The SMILES string of the molecule is CSC(C)(C)CNS(=O)(=O)c1cc(CNC(C)C)n(C)c1. The van der Waals surface area contributed by atoms with Gasteiger partial charge in [-0.15, -0.1) is 0 Å². The fraction of sp³-hybridized carbons (Fsp3) is 0.714. The average Bonchev–Trinajstić information content (AvgIpc) is 2.76. The molecule has 0 aliphatic rings. The highest BCUT2D eigenvalue weighted by atomic mass is 32.2. The quantitative estimate of drug-likeness (QED) is 0.763. The minimum absolute atomic E-state index is 0.121. The van der Waals surface area contributed by atoms with Gasteiger partial charge in [0, 0.05) is 42.8 Å². The largest absolute Gasteiger partial charge is 0.352 e. The number of thioether (sulfide) groups is 1. The molecule has 5 nitrogen and oxygen atoms in total. The molecule has 2 N–H and O–H groups in total. The third-order valence-corrected chi connectivity index (χ3v) is 5.94. The Kier molecular flexibility index (Phi) is 6.34. The number of nitrogens with one attached hydrogen (secondary N) is 2. The van der Waals surface area contributed by atoms with Crippen molar-refractivity contribution in [3.63, 3.8) is 0 Å². The summed E-state index contributed by atoms with van der Waals surface area (Å²) in [7, 11) is -1.59. The first-order valence-corrected chi connectivity index (χ1v) is 9.71. The lowest BCUT2D eigenvalue weighted by molar-refractivity contribution is 0.570. The first-order valence-electron chi connectivity index (χ1n) is 7.01. The molecule has 0 fully saturated rings. The first-order chi connectivity index (χ1) is 9.57. The van der Waals surface area contributed by atoms with E-state index in [2.05, 4.69) is 23.9 Å². The van der Waals surface area contributed by atoms with Crippen molar-refractivity contribution in [3.05, 3.63) is 18.0 Å². The maximum atomic E-state index is 12.3. The minimum atomic E-state index is -3.46. The van der Waals surface area contributed by atoms with E-state index in [4.69, 9.17) is 0 Å². The summed E-state index contributed by atoms with van der Waals surface area (Å²) < 4.78 is 29.1. The Bertz CT molecular complexity index is 563. The molecule has 122 valence electrons. The molecule has 0 aliphatic heterocycles. The number of sulfonamides is 1. The summed E-state index contributed by atoms with van der Waals surface area (Å²) in [6.07, 6.45) is 3.64. The third-order valence-electron chi connectivity index (χ3n) is 3.33. The molecule has 0 saturated heterocycles. The number of aromatic nitrogens is 1. The smallest absolute Gasteiger partial charge is 0.242 e. The molecule has 1 rings (SSSR count). The van der Waals surface area contributed by atoms with Gasteiger partial charge in [0.05, 0.1) is 4.90 Å². The van der Waals surface area contributed by atoms with Gasteiger partial charge in [0.1, 0.15) is 0 Å². The van der Waals surface area contributed by atoms with Crippen LogP contribution >= 0.6 is 11.8 Å². The van der Waals surface area contributed by atoms with Crippen LogP contribution in [0.2, 0.25) is 0 Å². The van der Waals surface area contributed by atoms with Crippen molar-refractivity contribution in [2.24, 2.45) is 7.05 Å². The van der Waals surface area contributed by atoms with Gasteiger partial charge >= 0.3 is 0 Å². The van der Waals surface area contributed by atoms with Gasteiger partial charge in [0.2, 0.25) is 10.0 Å². The Morgan fingerprint density at radius 1 is 1.38 bits per heavy atom. The number of nitrogens with zero attached hydrogens (tertiary/aromatic N) is 1. The summed E-state index contributed by atoms with van der Waals surface area (Å²) >= 11 is 1.64. The highest BCUT2D eigenvalue weighted by Gasteiger charge is 2.22. The molecule has 0 atom stereocenters. The summed E-state index contributed by atoms with van der Waals surface area (Å²) in [6.45, 7) is 9.22. The number of rotatable bonds is 8. The van der Waals surface area contributed by atoms with Crippen molar-refractivity contribution < 1.29 is 8.42 Å². The second kappa shape index (κ2) is 7.17. The highest BCUT2D eigenvalue weighted by molar-refractivity contribution is 8.00. The number of hydrogen-bond donors (Lipinski definition) is 2. The lowest BCUT2D eigenvalue weighted by Crippen LogP contribution is -2.35. The van der Waals surface area contributed by atoms with Crippen molar-refractivity contribution in [1.82, 2.24) is 14.6 Å². The zero-order valence-electron chi connectivity index (χ0n) is 13.7. The molecule has 21 heavy (non-hydrogen) atoms. The molecule has 1 aromatic rings. The maximum absolute atomic E-state index is 12.3. The minimum Gasteiger partial charge on any atom is -0.352 e. The van der Waals surface area contributed by atoms with E-state index in [-0.39, 0.29) is 4.75 Å². The lowest BCUT2D eigenvalue weighted by Gasteiger charge is -2.21. The van der Waals surface area contributed by atoms with Crippen LogP contribution in [0.1, 0.15) is 33.4 Å². The van der Waals surface area contributed by atoms with Gasteiger partial charge in [-0.3, -0.25) is 0 Å². The zero-order chi connectivity index (χ0) is 16.3.